The summed E-state index contributed by atoms with van der Waals surface area (Å²) >= 11 is 7.35. The van der Waals surface area contributed by atoms with E-state index in [-0.39, 0.29) is 5.91 Å². The molecule has 1 N–H and O–H groups in total. The van der Waals surface area contributed by atoms with E-state index in [1.54, 1.807) is 24.3 Å². The third-order valence-electron chi connectivity index (χ3n) is 4.85. The van der Waals surface area contributed by atoms with Crippen molar-refractivity contribution in [3.8, 4) is 0 Å². The van der Waals surface area contributed by atoms with Gasteiger partial charge in [-0.2, -0.15) is 0 Å². The number of thiophene rings is 1. The predicted molar refractivity (Wildman–Crippen MR) is 112 cm³/mol. The van der Waals surface area contributed by atoms with Crippen LogP contribution < -0.4 is 10.2 Å². The van der Waals surface area contributed by atoms with Crippen molar-refractivity contribution >= 4 is 50.6 Å². The van der Waals surface area contributed by atoms with Gasteiger partial charge in [0, 0.05) is 23.8 Å². The molecule has 5 nitrogen and oxygen atoms in total. The number of piperidine rings is 1. The zero-order valence-corrected chi connectivity index (χ0v) is 17.0. The standard InChI is InChI=1S/C20H21ClN4OS/c1-12-16-18(25-10-4-3-5-11-25)22-13(2)23-20(16)27-17(12)19(26)24-15-8-6-14(21)7-9-15/h6-9H,3-5,10-11H2,1-2H3,(H,24,26). The highest BCUT2D eigenvalue weighted by atomic mass is 35.5. The lowest BCUT2D eigenvalue weighted by Crippen LogP contribution is -2.30. The fraction of sp³-hybridized carbons (Fsp3) is 0.350. The highest BCUT2D eigenvalue weighted by Gasteiger charge is 2.23. The minimum absolute atomic E-state index is 0.125. The summed E-state index contributed by atoms with van der Waals surface area (Å²) in [6, 6.07) is 7.12. The summed E-state index contributed by atoms with van der Waals surface area (Å²) in [5.74, 6) is 1.59. The van der Waals surface area contributed by atoms with Crippen molar-refractivity contribution < 1.29 is 4.79 Å². The molecule has 3 heterocycles. The number of anilines is 2. The third-order valence-corrected chi connectivity index (χ3v) is 6.28. The zero-order chi connectivity index (χ0) is 19.0. The number of rotatable bonds is 3. The fourth-order valence-corrected chi connectivity index (χ4v) is 4.74. The normalized spacial score (nSPS) is 14.6. The van der Waals surface area contributed by atoms with Gasteiger partial charge in [-0.3, -0.25) is 4.79 Å². The van der Waals surface area contributed by atoms with Crippen LogP contribution in [0.5, 0.6) is 0 Å². The summed E-state index contributed by atoms with van der Waals surface area (Å²) in [4.78, 5) is 26.1. The van der Waals surface area contributed by atoms with Gasteiger partial charge in [0.05, 0.1) is 10.3 Å². The lowest BCUT2D eigenvalue weighted by Gasteiger charge is -2.28. The molecule has 0 aliphatic carbocycles. The number of benzene rings is 1. The smallest absolute Gasteiger partial charge is 0.266 e. The molecule has 7 heteroatoms. The number of nitrogens with one attached hydrogen (secondary N) is 1. The summed E-state index contributed by atoms with van der Waals surface area (Å²) in [5.41, 5.74) is 1.67. The van der Waals surface area contributed by atoms with Gasteiger partial charge in [-0.25, -0.2) is 9.97 Å². The third kappa shape index (κ3) is 3.64. The van der Waals surface area contributed by atoms with Crippen LogP contribution in [0.25, 0.3) is 10.2 Å². The SMILES string of the molecule is Cc1nc(N2CCCCC2)c2c(C)c(C(=O)Nc3ccc(Cl)cc3)sc2n1. The Hall–Kier alpha value is -2.18. The Labute approximate surface area is 167 Å². The van der Waals surface area contributed by atoms with Gasteiger partial charge in [-0.1, -0.05) is 11.6 Å². The largest absolute Gasteiger partial charge is 0.356 e. The van der Waals surface area contributed by atoms with Crippen LogP contribution in [0, 0.1) is 13.8 Å². The molecule has 1 saturated heterocycles. The van der Waals surface area contributed by atoms with E-state index < -0.39 is 0 Å². The summed E-state index contributed by atoms with van der Waals surface area (Å²) < 4.78 is 0. The summed E-state index contributed by atoms with van der Waals surface area (Å²) in [7, 11) is 0. The second-order valence-corrected chi connectivity index (χ2v) is 8.27. The molecule has 27 heavy (non-hydrogen) atoms. The molecule has 4 rings (SSSR count). The number of fused-ring (bicyclic) bond motifs is 1. The fourth-order valence-electron chi connectivity index (χ4n) is 3.49. The first-order valence-corrected chi connectivity index (χ1v) is 10.3. The van der Waals surface area contributed by atoms with E-state index in [9.17, 15) is 4.79 Å². The van der Waals surface area contributed by atoms with E-state index in [1.165, 1.54) is 30.6 Å². The Bertz CT molecular complexity index is 993. The molecule has 2 aromatic heterocycles. The van der Waals surface area contributed by atoms with E-state index in [4.69, 9.17) is 16.6 Å². The van der Waals surface area contributed by atoms with Crippen LogP contribution in [-0.4, -0.2) is 29.0 Å². The van der Waals surface area contributed by atoms with E-state index in [1.807, 2.05) is 13.8 Å². The van der Waals surface area contributed by atoms with Crippen molar-refractivity contribution in [3.63, 3.8) is 0 Å². The van der Waals surface area contributed by atoms with Crippen LogP contribution in [0.4, 0.5) is 11.5 Å². The minimum atomic E-state index is -0.125. The van der Waals surface area contributed by atoms with Gasteiger partial charge >= 0.3 is 0 Å². The van der Waals surface area contributed by atoms with Gasteiger partial charge < -0.3 is 10.2 Å². The van der Waals surface area contributed by atoms with E-state index >= 15 is 0 Å². The summed E-state index contributed by atoms with van der Waals surface area (Å²) in [6.07, 6.45) is 3.62. The number of carbonyl (C=O) groups is 1. The number of aryl methyl sites for hydroxylation is 2. The first kappa shape index (κ1) is 18.2. The number of hydrogen-bond donors (Lipinski definition) is 1. The average Bonchev–Trinajstić information content (AvgIpc) is 3.00. The molecule has 0 radical (unpaired) electrons. The molecule has 0 unspecified atom stereocenters. The molecule has 0 bridgehead atoms. The first-order chi connectivity index (χ1) is 13.0. The van der Waals surface area contributed by atoms with Gasteiger partial charge in [0.15, 0.2) is 0 Å². The summed E-state index contributed by atoms with van der Waals surface area (Å²) in [6.45, 7) is 5.91. The van der Waals surface area contributed by atoms with Crippen molar-refractivity contribution in [2.45, 2.75) is 33.1 Å². The highest BCUT2D eigenvalue weighted by molar-refractivity contribution is 7.20. The molecule has 1 aliphatic heterocycles. The zero-order valence-electron chi connectivity index (χ0n) is 15.4. The van der Waals surface area contributed by atoms with Crippen molar-refractivity contribution in [1.82, 2.24) is 9.97 Å². The lowest BCUT2D eigenvalue weighted by atomic mass is 10.1. The van der Waals surface area contributed by atoms with Crippen LogP contribution >= 0.6 is 22.9 Å². The van der Waals surface area contributed by atoms with Crippen LogP contribution in [-0.2, 0) is 0 Å². The van der Waals surface area contributed by atoms with Gasteiger partial charge in [0.25, 0.3) is 5.91 Å². The van der Waals surface area contributed by atoms with E-state index in [0.29, 0.717) is 9.90 Å². The maximum absolute atomic E-state index is 12.9. The molecule has 1 fully saturated rings. The molecule has 1 aliphatic rings. The Balaban J connectivity index is 1.72. The van der Waals surface area contributed by atoms with Gasteiger partial charge in [0.2, 0.25) is 0 Å². The molecule has 0 atom stereocenters. The Morgan fingerprint density at radius 1 is 1.11 bits per heavy atom. The highest BCUT2D eigenvalue weighted by Crippen LogP contribution is 2.36. The topological polar surface area (TPSA) is 58.1 Å². The molecular formula is C20H21ClN4OS. The average molecular weight is 401 g/mol. The number of amides is 1. The molecular weight excluding hydrogens is 380 g/mol. The van der Waals surface area contributed by atoms with Crippen LogP contribution in [0.3, 0.4) is 0 Å². The Morgan fingerprint density at radius 2 is 1.81 bits per heavy atom. The van der Waals surface area contributed by atoms with E-state index in [2.05, 4.69) is 15.2 Å². The van der Waals surface area contributed by atoms with Crippen molar-refractivity contribution in [2.75, 3.05) is 23.3 Å². The number of nitrogens with zero attached hydrogens (tertiary/aromatic N) is 3. The van der Waals surface area contributed by atoms with Gasteiger partial charge in [-0.15, -0.1) is 11.3 Å². The second-order valence-electron chi connectivity index (χ2n) is 6.84. The van der Waals surface area contributed by atoms with Crippen LogP contribution in [0.15, 0.2) is 24.3 Å². The Kier molecular flexibility index (Phi) is 5.02. The molecule has 3 aromatic rings. The molecule has 140 valence electrons. The maximum atomic E-state index is 12.9. The first-order valence-electron chi connectivity index (χ1n) is 9.12. The number of halogens is 1. The van der Waals surface area contributed by atoms with Gasteiger partial charge in [-0.05, 0) is 62.9 Å². The molecule has 0 saturated carbocycles. The quantitative estimate of drug-likeness (QED) is 0.656. The molecule has 1 amide bonds. The Morgan fingerprint density at radius 3 is 2.52 bits per heavy atom. The van der Waals surface area contributed by atoms with Crippen LogP contribution in [0.2, 0.25) is 5.02 Å². The number of aromatic nitrogens is 2. The van der Waals surface area contributed by atoms with Crippen LogP contribution in [0.1, 0.15) is 40.3 Å². The lowest BCUT2D eigenvalue weighted by molar-refractivity contribution is 0.103. The maximum Gasteiger partial charge on any atom is 0.266 e. The molecule has 0 spiro atoms. The summed E-state index contributed by atoms with van der Waals surface area (Å²) in [5, 5.41) is 4.60. The second kappa shape index (κ2) is 7.44. The van der Waals surface area contributed by atoms with Crippen molar-refractivity contribution in [3.05, 3.63) is 45.6 Å². The number of carbonyl (C=O) groups excluding carboxylic acids is 1. The number of hydrogen-bond acceptors (Lipinski definition) is 5. The van der Waals surface area contributed by atoms with Gasteiger partial charge in [0.1, 0.15) is 16.5 Å². The predicted octanol–water partition coefficient (Wildman–Crippen LogP) is 5.20. The monoisotopic (exact) mass is 400 g/mol. The minimum Gasteiger partial charge on any atom is -0.356 e. The van der Waals surface area contributed by atoms with Crippen molar-refractivity contribution in [1.29, 1.82) is 0 Å². The van der Waals surface area contributed by atoms with E-state index in [0.717, 1.165) is 46.2 Å². The van der Waals surface area contributed by atoms with Crippen molar-refractivity contribution in [2.24, 2.45) is 0 Å². The molecule has 1 aromatic carbocycles.